The number of aliphatic hydroxyl groups is 2. The minimum absolute atomic E-state index is 0.119. The van der Waals surface area contributed by atoms with E-state index in [1.54, 1.807) is 0 Å². The number of aromatic nitrogens is 1. The van der Waals surface area contributed by atoms with E-state index in [0.29, 0.717) is 0 Å². The second-order valence-corrected chi connectivity index (χ2v) is 3.97. The van der Waals surface area contributed by atoms with Gasteiger partial charge < -0.3 is 15.9 Å². The average molecular weight is 245 g/mol. The molecule has 1 rings (SSSR count). The Balaban J connectivity index is 2.84. The maximum absolute atomic E-state index is 10.6. The zero-order chi connectivity index (χ0) is 12.1. The fraction of sp³-hybridized carbons (Fsp3) is 0.375. The number of nitrogens with zero attached hydrogens (tertiary/aromatic N) is 2. The number of nitrogens with two attached hydrogens (primary N) is 1. The van der Waals surface area contributed by atoms with Gasteiger partial charge in [-0.25, -0.2) is 4.98 Å². The van der Waals surface area contributed by atoms with E-state index in [1.807, 2.05) is 0 Å². The molecule has 0 fully saturated rings. The van der Waals surface area contributed by atoms with Gasteiger partial charge in [0.25, 0.3) is 0 Å². The highest BCUT2D eigenvalue weighted by Crippen LogP contribution is 2.28. The van der Waals surface area contributed by atoms with Gasteiger partial charge in [0, 0.05) is 11.8 Å². The molecule has 1 aromatic rings. The molecule has 88 valence electrons. The van der Waals surface area contributed by atoms with Crippen LogP contribution >= 0.6 is 11.8 Å². The van der Waals surface area contributed by atoms with Crippen molar-refractivity contribution in [3.8, 4) is 0 Å². The first kappa shape index (κ1) is 12.7. The van der Waals surface area contributed by atoms with Crippen molar-refractivity contribution in [3.05, 3.63) is 22.2 Å². The van der Waals surface area contributed by atoms with Crippen LogP contribution in [0.4, 0.5) is 11.5 Å². The molecule has 0 saturated carbocycles. The first-order chi connectivity index (χ1) is 7.54. The molecule has 1 aromatic heterocycles. The Bertz CT molecular complexity index is 388. The van der Waals surface area contributed by atoms with Crippen molar-refractivity contribution in [2.24, 2.45) is 0 Å². The summed E-state index contributed by atoms with van der Waals surface area (Å²) < 4.78 is 0. The van der Waals surface area contributed by atoms with E-state index >= 15 is 0 Å². The summed E-state index contributed by atoms with van der Waals surface area (Å²) in [5.41, 5.74) is 5.24. The summed E-state index contributed by atoms with van der Waals surface area (Å²) in [6.45, 7) is -0.400. The van der Waals surface area contributed by atoms with Crippen molar-refractivity contribution in [2.75, 3.05) is 18.1 Å². The third-order valence-electron chi connectivity index (χ3n) is 1.68. The van der Waals surface area contributed by atoms with Gasteiger partial charge >= 0.3 is 5.69 Å². The summed E-state index contributed by atoms with van der Waals surface area (Å²) in [5, 5.41) is 28.5. The SMILES string of the molecule is Nc1ccc([N+](=O)[O-])c(SCC(O)CO)n1. The third kappa shape index (κ3) is 3.33. The lowest BCUT2D eigenvalue weighted by Gasteiger charge is -2.06. The molecular formula is C8H11N3O4S. The van der Waals surface area contributed by atoms with Crippen LogP contribution in [0.5, 0.6) is 0 Å². The van der Waals surface area contributed by atoms with E-state index in [9.17, 15) is 10.1 Å². The van der Waals surface area contributed by atoms with Crippen molar-refractivity contribution in [2.45, 2.75) is 11.1 Å². The number of rotatable bonds is 5. The molecule has 16 heavy (non-hydrogen) atoms. The van der Waals surface area contributed by atoms with Crippen LogP contribution in [-0.4, -0.2) is 38.6 Å². The molecule has 1 heterocycles. The number of anilines is 1. The Morgan fingerprint density at radius 3 is 2.88 bits per heavy atom. The maximum atomic E-state index is 10.6. The van der Waals surface area contributed by atoms with E-state index in [1.165, 1.54) is 12.1 Å². The van der Waals surface area contributed by atoms with E-state index in [-0.39, 0.29) is 22.3 Å². The number of pyridine rings is 1. The number of hydrogen-bond acceptors (Lipinski definition) is 7. The van der Waals surface area contributed by atoms with Crippen LogP contribution in [0.15, 0.2) is 17.2 Å². The van der Waals surface area contributed by atoms with Gasteiger partial charge in [-0.05, 0) is 6.07 Å². The van der Waals surface area contributed by atoms with Crippen LogP contribution in [-0.2, 0) is 0 Å². The minimum Gasteiger partial charge on any atom is -0.394 e. The summed E-state index contributed by atoms with van der Waals surface area (Å²) in [6, 6.07) is 2.60. The molecule has 0 radical (unpaired) electrons. The number of thioether (sulfide) groups is 1. The topological polar surface area (TPSA) is 123 Å². The number of hydrogen-bond donors (Lipinski definition) is 3. The van der Waals surface area contributed by atoms with Crippen LogP contribution in [0.1, 0.15) is 0 Å². The lowest BCUT2D eigenvalue weighted by atomic mass is 10.4. The normalized spacial score (nSPS) is 12.4. The number of nitro groups is 1. The van der Waals surface area contributed by atoms with Gasteiger partial charge in [-0.15, -0.1) is 0 Å². The highest BCUT2D eigenvalue weighted by Gasteiger charge is 2.17. The fourth-order valence-corrected chi connectivity index (χ4v) is 1.84. The first-order valence-corrected chi connectivity index (χ1v) is 5.35. The van der Waals surface area contributed by atoms with Crippen LogP contribution in [0, 0.1) is 10.1 Å². The molecule has 0 spiro atoms. The molecule has 4 N–H and O–H groups in total. The molecular weight excluding hydrogens is 234 g/mol. The molecule has 0 saturated heterocycles. The van der Waals surface area contributed by atoms with Crippen molar-refractivity contribution in [1.29, 1.82) is 0 Å². The molecule has 0 amide bonds. The Hall–Kier alpha value is -1.38. The van der Waals surface area contributed by atoms with Gasteiger partial charge in [-0.3, -0.25) is 10.1 Å². The monoisotopic (exact) mass is 245 g/mol. The molecule has 7 nitrogen and oxygen atoms in total. The summed E-state index contributed by atoms with van der Waals surface area (Å²) >= 11 is 0.979. The lowest BCUT2D eigenvalue weighted by molar-refractivity contribution is -0.388. The summed E-state index contributed by atoms with van der Waals surface area (Å²) in [6.07, 6.45) is -0.937. The minimum atomic E-state index is -0.937. The van der Waals surface area contributed by atoms with E-state index in [2.05, 4.69) is 4.98 Å². The molecule has 0 aliphatic carbocycles. The van der Waals surface area contributed by atoms with E-state index in [0.717, 1.165) is 11.8 Å². The van der Waals surface area contributed by atoms with Crippen LogP contribution < -0.4 is 5.73 Å². The summed E-state index contributed by atoms with van der Waals surface area (Å²) in [7, 11) is 0. The van der Waals surface area contributed by atoms with Crippen LogP contribution in [0.2, 0.25) is 0 Å². The van der Waals surface area contributed by atoms with Crippen molar-refractivity contribution in [1.82, 2.24) is 4.98 Å². The van der Waals surface area contributed by atoms with Gasteiger partial charge in [-0.1, -0.05) is 11.8 Å². The second-order valence-electron chi connectivity index (χ2n) is 2.96. The highest BCUT2D eigenvalue weighted by atomic mass is 32.2. The molecule has 0 aliphatic heterocycles. The molecule has 1 unspecified atom stereocenters. The van der Waals surface area contributed by atoms with Crippen molar-refractivity contribution in [3.63, 3.8) is 0 Å². The number of nitrogen functional groups attached to an aromatic ring is 1. The Morgan fingerprint density at radius 1 is 1.62 bits per heavy atom. The van der Waals surface area contributed by atoms with Gasteiger partial charge in [-0.2, -0.15) is 0 Å². The van der Waals surface area contributed by atoms with Gasteiger partial charge in [0.15, 0.2) is 5.03 Å². The second kappa shape index (κ2) is 5.64. The smallest absolute Gasteiger partial charge is 0.301 e. The predicted molar refractivity (Wildman–Crippen MR) is 59.1 cm³/mol. The number of aliphatic hydroxyl groups excluding tert-OH is 2. The molecule has 0 aliphatic rings. The Morgan fingerprint density at radius 2 is 2.31 bits per heavy atom. The zero-order valence-corrected chi connectivity index (χ0v) is 9.05. The van der Waals surface area contributed by atoms with Crippen LogP contribution in [0.3, 0.4) is 0 Å². The third-order valence-corrected chi connectivity index (χ3v) is 2.81. The van der Waals surface area contributed by atoms with Gasteiger partial charge in [0.1, 0.15) is 5.82 Å². The lowest BCUT2D eigenvalue weighted by Crippen LogP contribution is -2.15. The fourth-order valence-electron chi connectivity index (χ4n) is 0.920. The highest BCUT2D eigenvalue weighted by molar-refractivity contribution is 7.99. The van der Waals surface area contributed by atoms with Crippen molar-refractivity contribution < 1.29 is 15.1 Å². The van der Waals surface area contributed by atoms with E-state index in [4.69, 9.17) is 15.9 Å². The molecule has 0 bridgehead atoms. The Labute approximate surface area is 95.5 Å². The quantitative estimate of drug-likeness (QED) is 0.379. The van der Waals surface area contributed by atoms with Crippen LogP contribution in [0.25, 0.3) is 0 Å². The Kier molecular flexibility index (Phi) is 4.47. The van der Waals surface area contributed by atoms with Gasteiger partial charge in [0.2, 0.25) is 0 Å². The largest absolute Gasteiger partial charge is 0.394 e. The first-order valence-electron chi connectivity index (χ1n) is 4.37. The predicted octanol–water partition coefficient (Wildman–Crippen LogP) is 0.0173. The molecule has 1 atom stereocenters. The summed E-state index contributed by atoms with van der Waals surface area (Å²) in [5.74, 6) is 0.292. The zero-order valence-electron chi connectivity index (χ0n) is 8.24. The molecule has 8 heteroatoms. The summed E-state index contributed by atoms with van der Waals surface area (Å²) in [4.78, 5) is 13.9. The van der Waals surface area contributed by atoms with Gasteiger partial charge in [0.05, 0.1) is 17.6 Å². The maximum Gasteiger partial charge on any atom is 0.301 e. The van der Waals surface area contributed by atoms with E-state index < -0.39 is 17.6 Å². The standard InChI is InChI=1S/C8H11N3O4S/c9-7-2-1-6(11(14)15)8(10-7)16-4-5(13)3-12/h1-2,5,12-13H,3-4H2,(H2,9,10). The molecule has 0 aromatic carbocycles. The average Bonchev–Trinajstić information content (AvgIpc) is 2.25. The van der Waals surface area contributed by atoms with Crippen molar-refractivity contribution >= 4 is 23.3 Å².